The number of benzene rings is 1. The summed E-state index contributed by atoms with van der Waals surface area (Å²) >= 11 is 1.71. The first kappa shape index (κ1) is 22.5. The van der Waals surface area contributed by atoms with Gasteiger partial charge in [-0.2, -0.15) is 26.3 Å². The smallest absolute Gasteiger partial charge is 0.437 e. The van der Waals surface area contributed by atoms with Crippen molar-refractivity contribution in [2.75, 3.05) is 13.2 Å². The lowest BCUT2D eigenvalue weighted by Gasteiger charge is -2.29. The van der Waals surface area contributed by atoms with E-state index in [1.54, 1.807) is 52.9 Å². The third-order valence-corrected chi connectivity index (χ3v) is 4.20. The van der Waals surface area contributed by atoms with Gasteiger partial charge in [-0.05, 0) is 5.56 Å². The highest BCUT2D eigenvalue weighted by Crippen LogP contribution is 2.43. The third-order valence-electron chi connectivity index (χ3n) is 2.98. The molecule has 1 atom stereocenters. The quantitative estimate of drug-likeness (QED) is 0.214. The Labute approximate surface area is 156 Å². The van der Waals surface area contributed by atoms with Crippen LogP contribution in [0.5, 0.6) is 0 Å². The molecule has 0 aliphatic carbocycles. The molecule has 0 amide bonds. The maximum Gasteiger partial charge on any atom is 0.437 e. The Bertz CT molecular complexity index is 617. The Morgan fingerprint density at radius 3 is 1.88 bits per heavy atom. The summed E-state index contributed by atoms with van der Waals surface area (Å²) in [6.07, 6.45) is -12.7. The van der Waals surface area contributed by atoms with Crippen molar-refractivity contribution in [1.29, 1.82) is 0 Å². The van der Waals surface area contributed by atoms with Crippen molar-refractivity contribution in [2.45, 2.75) is 21.9 Å². The second-order valence-corrected chi connectivity index (χ2v) is 6.03. The van der Waals surface area contributed by atoms with E-state index < -0.39 is 47.0 Å². The first-order valence-electron chi connectivity index (χ1n) is 6.71. The zero-order valence-electron chi connectivity index (χ0n) is 12.6. The number of alkyl halides is 7. The Morgan fingerprint density at radius 2 is 1.42 bits per heavy atom. The van der Waals surface area contributed by atoms with Gasteiger partial charge in [-0.3, -0.25) is 4.79 Å². The van der Waals surface area contributed by atoms with Crippen molar-refractivity contribution in [1.82, 2.24) is 0 Å². The lowest BCUT2D eigenvalue weighted by Crippen LogP contribution is -2.63. The Morgan fingerprint density at radius 1 is 0.962 bits per heavy atom. The number of hydrogen-bond acceptors (Lipinski definition) is 5. The number of halogens is 7. The second-order valence-electron chi connectivity index (χ2n) is 4.78. The summed E-state index contributed by atoms with van der Waals surface area (Å²) in [5.41, 5.74) is -5.11. The van der Waals surface area contributed by atoms with Crippen LogP contribution in [0.2, 0.25) is 0 Å². The largest absolute Gasteiger partial charge is 0.461 e. The molecule has 1 aromatic rings. The van der Waals surface area contributed by atoms with Crippen LogP contribution >= 0.6 is 22.6 Å². The topological polar surface area (TPSA) is 72.8 Å². The Hall–Kier alpha value is -1.57. The van der Waals surface area contributed by atoms with Gasteiger partial charge >= 0.3 is 29.9 Å². The molecule has 0 aromatic heterocycles. The molecule has 1 unspecified atom stereocenters. The highest BCUT2D eigenvalue weighted by atomic mass is 127. The molecule has 0 saturated carbocycles. The van der Waals surface area contributed by atoms with E-state index in [0.29, 0.717) is 5.56 Å². The highest BCUT2D eigenvalue weighted by Gasteiger charge is 2.76. The molecule has 0 saturated heterocycles. The molecule has 0 spiro atoms. The molecule has 0 radical (unpaired) electrons. The van der Waals surface area contributed by atoms with Gasteiger partial charge in [0.15, 0.2) is 0 Å². The molecule has 26 heavy (non-hydrogen) atoms. The number of ether oxygens (including phenoxy) is 2. The molecule has 0 heterocycles. The van der Waals surface area contributed by atoms with Gasteiger partial charge in [0, 0.05) is 0 Å². The highest BCUT2D eigenvalue weighted by molar-refractivity contribution is 14.1. The van der Waals surface area contributed by atoms with E-state index >= 15 is 0 Å². The summed E-state index contributed by atoms with van der Waals surface area (Å²) in [6, 6.07) is 8.19. The third kappa shape index (κ3) is 4.99. The second kappa shape index (κ2) is 8.41. The van der Waals surface area contributed by atoms with Crippen LogP contribution in [0, 0.1) is 0 Å². The van der Waals surface area contributed by atoms with E-state index in [1.165, 1.54) is 0 Å². The van der Waals surface area contributed by atoms with Gasteiger partial charge in [0.05, 0.1) is 0 Å². The van der Waals surface area contributed by atoms with E-state index in [9.17, 15) is 35.9 Å². The maximum absolute atomic E-state index is 12.4. The monoisotopic (exact) mass is 500 g/mol. The van der Waals surface area contributed by atoms with Crippen molar-refractivity contribution in [3.05, 3.63) is 35.9 Å². The van der Waals surface area contributed by atoms with Gasteiger partial charge in [-0.15, -0.1) is 0 Å². The Balaban J connectivity index is 2.59. The van der Waals surface area contributed by atoms with E-state index in [0.717, 1.165) is 0 Å². The molecule has 0 bridgehead atoms. The van der Waals surface area contributed by atoms with Crippen LogP contribution in [0.4, 0.5) is 26.3 Å². The standard InChI is InChI=1S/C14H11F6IO5/c15-13(16,17)12(24,14(18,19)20)11(23)26-7-6-25-10(22)9(21)8-4-2-1-3-5-8/h1-5,9,24H,6-7H2. The first-order valence-corrected chi connectivity index (χ1v) is 7.95. The number of carbonyl (C=O) groups excluding carboxylic acids is 2. The van der Waals surface area contributed by atoms with Crippen LogP contribution in [-0.2, 0) is 19.1 Å². The van der Waals surface area contributed by atoms with Gasteiger partial charge in [0.2, 0.25) is 0 Å². The molecular weight excluding hydrogens is 489 g/mol. The molecule has 146 valence electrons. The first-order chi connectivity index (χ1) is 11.8. The van der Waals surface area contributed by atoms with Gasteiger partial charge in [0.25, 0.3) is 0 Å². The number of rotatable bonds is 6. The normalized spacial score (nSPS) is 13.8. The predicted molar refractivity (Wildman–Crippen MR) is 82.2 cm³/mol. The summed E-state index contributed by atoms with van der Waals surface area (Å²) in [4.78, 5) is 22.8. The molecule has 0 aliphatic rings. The van der Waals surface area contributed by atoms with Gasteiger partial charge in [0.1, 0.15) is 17.1 Å². The summed E-state index contributed by atoms with van der Waals surface area (Å²) in [5.74, 6) is -3.79. The lowest BCUT2D eigenvalue weighted by atomic mass is 10.0. The minimum absolute atomic E-state index is 0.554. The average molecular weight is 500 g/mol. The van der Waals surface area contributed by atoms with E-state index in [4.69, 9.17) is 5.11 Å². The van der Waals surface area contributed by atoms with Crippen LogP contribution in [0.25, 0.3) is 0 Å². The minimum atomic E-state index is -6.33. The molecule has 0 aliphatic heterocycles. The molecule has 1 rings (SSSR count). The van der Waals surface area contributed by atoms with E-state index in [1.807, 2.05) is 0 Å². The zero-order chi connectivity index (χ0) is 20.2. The zero-order valence-corrected chi connectivity index (χ0v) is 14.8. The maximum atomic E-state index is 12.4. The fraction of sp³-hybridized carbons (Fsp3) is 0.429. The molecule has 1 aromatic carbocycles. The van der Waals surface area contributed by atoms with E-state index in [2.05, 4.69) is 9.47 Å². The molecule has 0 fully saturated rings. The fourth-order valence-electron chi connectivity index (χ4n) is 1.60. The van der Waals surface area contributed by atoms with Crippen LogP contribution < -0.4 is 0 Å². The number of esters is 2. The molecule has 1 N–H and O–H groups in total. The number of carbonyl (C=O) groups is 2. The van der Waals surface area contributed by atoms with Crippen LogP contribution in [0.1, 0.15) is 9.49 Å². The molecule has 12 heteroatoms. The summed E-state index contributed by atoms with van der Waals surface area (Å²) < 4.78 is 82.2. The predicted octanol–water partition coefficient (Wildman–Crippen LogP) is 3.10. The molecular formula is C14H11F6IO5. The Kier molecular flexibility index (Phi) is 7.27. The lowest BCUT2D eigenvalue weighted by molar-refractivity contribution is -0.357. The van der Waals surface area contributed by atoms with Crippen LogP contribution in [0.3, 0.4) is 0 Å². The van der Waals surface area contributed by atoms with Crippen LogP contribution in [-0.4, -0.2) is 48.2 Å². The van der Waals surface area contributed by atoms with Gasteiger partial charge in [-0.1, -0.05) is 52.9 Å². The van der Waals surface area contributed by atoms with Gasteiger partial charge in [-0.25, -0.2) is 4.79 Å². The number of hydrogen-bond donors (Lipinski definition) is 1. The van der Waals surface area contributed by atoms with Crippen molar-refractivity contribution < 1.29 is 50.5 Å². The van der Waals surface area contributed by atoms with Crippen molar-refractivity contribution in [3.8, 4) is 0 Å². The summed E-state index contributed by atoms with van der Waals surface area (Å²) in [6.45, 7) is -1.89. The fourth-order valence-corrected chi connectivity index (χ4v) is 2.20. The van der Waals surface area contributed by atoms with E-state index in [-0.39, 0.29) is 0 Å². The average Bonchev–Trinajstić information content (AvgIpc) is 2.55. The van der Waals surface area contributed by atoms with Crippen molar-refractivity contribution in [3.63, 3.8) is 0 Å². The van der Waals surface area contributed by atoms with Gasteiger partial charge < -0.3 is 14.6 Å². The SMILES string of the molecule is O=C(OCCOC(=O)C(O)(C(F)(F)F)C(F)(F)F)C(I)c1ccccc1. The number of aliphatic hydroxyl groups is 1. The van der Waals surface area contributed by atoms with Crippen LogP contribution in [0.15, 0.2) is 30.3 Å². The molecule has 5 nitrogen and oxygen atoms in total. The summed E-state index contributed by atoms with van der Waals surface area (Å²) in [5, 5.41) is 8.76. The van der Waals surface area contributed by atoms with Crippen molar-refractivity contribution >= 4 is 34.5 Å². The minimum Gasteiger partial charge on any atom is -0.461 e. The summed E-state index contributed by atoms with van der Waals surface area (Å²) in [7, 11) is 0. The van der Waals surface area contributed by atoms with Crippen molar-refractivity contribution in [2.24, 2.45) is 0 Å².